The Bertz CT molecular complexity index is 1350. The van der Waals surface area contributed by atoms with Crippen LogP contribution in [-0.2, 0) is 16.0 Å². The fourth-order valence-electron chi connectivity index (χ4n) is 3.58. The Kier molecular flexibility index (Phi) is 11.7. The molecule has 2 N–H and O–H groups in total. The summed E-state index contributed by atoms with van der Waals surface area (Å²) in [5.41, 5.74) is 4.03. The van der Waals surface area contributed by atoms with Crippen LogP contribution in [0, 0.1) is 0 Å². The molecule has 0 aromatic heterocycles. The molecule has 0 radical (unpaired) electrons. The van der Waals surface area contributed by atoms with Crippen LogP contribution >= 0.6 is 39.1 Å². The minimum Gasteiger partial charge on any atom is -0.493 e. The van der Waals surface area contributed by atoms with Crippen molar-refractivity contribution < 1.29 is 23.8 Å². The van der Waals surface area contributed by atoms with E-state index in [2.05, 4.69) is 31.8 Å². The van der Waals surface area contributed by atoms with Gasteiger partial charge in [-0.05, 0) is 78.2 Å². The number of methoxy groups -OCH3 is 1. The summed E-state index contributed by atoms with van der Waals surface area (Å²) < 4.78 is 17.6. The van der Waals surface area contributed by atoms with Gasteiger partial charge in [0.2, 0.25) is 0 Å². The first-order chi connectivity index (χ1) is 19.1. The molecular formula is C29H30BrCl2N3O5. The molecule has 212 valence electrons. The van der Waals surface area contributed by atoms with Crippen molar-refractivity contribution >= 4 is 57.2 Å². The lowest BCUT2D eigenvalue weighted by Crippen LogP contribution is -2.50. The van der Waals surface area contributed by atoms with Crippen LogP contribution in [0.4, 0.5) is 0 Å². The van der Waals surface area contributed by atoms with Gasteiger partial charge in [0, 0.05) is 11.4 Å². The van der Waals surface area contributed by atoms with Crippen LogP contribution < -0.4 is 25.0 Å². The number of benzene rings is 3. The van der Waals surface area contributed by atoms with E-state index in [1.165, 1.54) is 12.3 Å². The molecule has 0 aliphatic rings. The average molecular weight is 651 g/mol. The lowest BCUT2D eigenvalue weighted by atomic mass is 10.1. The van der Waals surface area contributed by atoms with Gasteiger partial charge in [-0.1, -0.05) is 53.5 Å². The number of nitrogens with zero attached hydrogens (tertiary/aromatic N) is 1. The normalized spacial score (nSPS) is 12.6. The Hall–Kier alpha value is -3.27. The molecule has 2 atom stereocenters. The molecule has 3 rings (SSSR count). The molecule has 0 aliphatic carbocycles. The molecule has 40 heavy (non-hydrogen) atoms. The minimum absolute atomic E-state index is 0.0444. The number of hydrogen-bond acceptors (Lipinski definition) is 6. The van der Waals surface area contributed by atoms with Crippen LogP contribution in [0.25, 0.3) is 0 Å². The third kappa shape index (κ3) is 9.15. The van der Waals surface area contributed by atoms with E-state index in [0.29, 0.717) is 32.3 Å². The quantitative estimate of drug-likeness (QED) is 0.180. The van der Waals surface area contributed by atoms with E-state index in [9.17, 15) is 9.59 Å². The van der Waals surface area contributed by atoms with Crippen LogP contribution in [0.2, 0.25) is 10.0 Å². The summed E-state index contributed by atoms with van der Waals surface area (Å²) in [5.74, 6) is 0.380. The Morgan fingerprint density at radius 1 is 0.975 bits per heavy atom. The number of carbonyl (C=O) groups is 2. The molecule has 3 aromatic carbocycles. The molecule has 0 bridgehead atoms. The van der Waals surface area contributed by atoms with Gasteiger partial charge >= 0.3 is 0 Å². The summed E-state index contributed by atoms with van der Waals surface area (Å²) in [6, 6.07) is 16.6. The highest BCUT2D eigenvalue weighted by atomic mass is 79.9. The van der Waals surface area contributed by atoms with Gasteiger partial charge in [-0.15, -0.1) is 0 Å². The topological polar surface area (TPSA) is 98.2 Å². The maximum atomic E-state index is 13.1. The van der Waals surface area contributed by atoms with Crippen LogP contribution in [0.15, 0.2) is 70.2 Å². The van der Waals surface area contributed by atoms with Gasteiger partial charge in [-0.25, -0.2) is 5.43 Å². The van der Waals surface area contributed by atoms with E-state index >= 15 is 0 Å². The molecule has 0 saturated carbocycles. The number of rotatable bonds is 12. The molecule has 0 fully saturated rings. The highest BCUT2D eigenvalue weighted by Gasteiger charge is 2.25. The van der Waals surface area contributed by atoms with Gasteiger partial charge in [0.25, 0.3) is 11.8 Å². The SMILES string of the molecule is COc1cc(/C=N\NC(=O)[C@H](Cc2ccccc2)NC(=O)[C@@H](C)Oc2ccc(Cl)cc2Cl)cc(Br)c1OC(C)C. The van der Waals surface area contributed by atoms with E-state index in [0.717, 1.165) is 5.56 Å². The highest BCUT2D eigenvalue weighted by Crippen LogP contribution is 2.37. The third-order valence-electron chi connectivity index (χ3n) is 5.48. The number of ether oxygens (including phenoxy) is 3. The fourth-order valence-corrected chi connectivity index (χ4v) is 4.58. The lowest BCUT2D eigenvalue weighted by molar-refractivity contribution is -0.132. The summed E-state index contributed by atoms with van der Waals surface area (Å²) in [6.45, 7) is 5.40. The molecule has 0 spiro atoms. The van der Waals surface area contributed by atoms with Crippen molar-refractivity contribution in [2.24, 2.45) is 5.10 Å². The second-order valence-electron chi connectivity index (χ2n) is 9.02. The maximum Gasteiger partial charge on any atom is 0.262 e. The van der Waals surface area contributed by atoms with E-state index in [1.807, 2.05) is 44.2 Å². The molecule has 2 amide bonds. The summed E-state index contributed by atoms with van der Waals surface area (Å²) in [7, 11) is 1.54. The number of halogens is 3. The van der Waals surface area contributed by atoms with Crippen molar-refractivity contribution in [3.63, 3.8) is 0 Å². The van der Waals surface area contributed by atoms with Crippen molar-refractivity contribution in [1.82, 2.24) is 10.7 Å². The summed E-state index contributed by atoms with van der Waals surface area (Å²) in [5, 5.41) is 7.57. The Morgan fingerprint density at radius 2 is 1.70 bits per heavy atom. The van der Waals surface area contributed by atoms with Gasteiger partial charge in [-0.2, -0.15) is 5.10 Å². The van der Waals surface area contributed by atoms with Gasteiger partial charge in [-0.3, -0.25) is 9.59 Å². The molecule has 0 saturated heterocycles. The van der Waals surface area contributed by atoms with Crippen LogP contribution in [0.3, 0.4) is 0 Å². The monoisotopic (exact) mass is 649 g/mol. The van der Waals surface area contributed by atoms with Crippen LogP contribution in [0.5, 0.6) is 17.2 Å². The van der Waals surface area contributed by atoms with Gasteiger partial charge in [0.15, 0.2) is 17.6 Å². The second kappa shape index (κ2) is 14.9. The highest BCUT2D eigenvalue weighted by molar-refractivity contribution is 9.10. The second-order valence-corrected chi connectivity index (χ2v) is 10.7. The number of nitrogens with one attached hydrogen (secondary N) is 2. The smallest absolute Gasteiger partial charge is 0.262 e. The summed E-state index contributed by atoms with van der Waals surface area (Å²) >= 11 is 15.6. The maximum absolute atomic E-state index is 13.1. The number of hydrazone groups is 1. The number of carbonyl (C=O) groups excluding carboxylic acids is 2. The number of amides is 2. The first kappa shape index (κ1) is 31.3. The van der Waals surface area contributed by atoms with E-state index in [1.54, 1.807) is 38.3 Å². The molecule has 8 nitrogen and oxygen atoms in total. The van der Waals surface area contributed by atoms with Crippen molar-refractivity contribution in [3.05, 3.63) is 86.3 Å². The summed E-state index contributed by atoms with van der Waals surface area (Å²) in [6.07, 6.45) is 0.727. The molecule has 0 aliphatic heterocycles. The Morgan fingerprint density at radius 3 is 2.35 bits per heavy atom. The zero-order chi connectivity index (χ0) is 29.2. The molecule has 0 heterocycles. The van der Waals surface area contributed by atoms with Gasteiger partial charge in [0.1, 0.15) is 11.8 Å². The van der Waals surface area contributed by atoms with Crippen LogP contribution in [-0.4, -0.2) is 43.4 Å². The van der Waals surface area contributed by atoms with Crippen molar-refractivity contribution in [1.29, 1.82) is 0 Å². The van der Waals surface area contributed by atoms with Crippen molar-refractivity contribution in [2.45, 2.75) is 45.4 Å². The lowest BCUT2D eigenvalue weighted by Gasteiger charge is -2.21. The van der Waals surface area contributed by atoms with Crippen molar-refractivity contribution in [2.75, 3.05) is 7.11 Å². The first-order valence-electron chi connectivity index (χ1n) is 12.4. The summed E-state index contributed by atoms with van der Waals surface area (Å²) in [4.78, 5) is 26.1. The third-order valence-corrected chi connectivity index (χ3v) is 6.60. The minimum atomic E-state index is -0.940. The predicted molar refractivity (Wildman–Crippen MR) is 161 cm³/mol. The fraction of sp³-hybridized carbons (Fsp3) is 0.276. The Labute approximate surface area is 252 Å². The molecule has 0 unspecified atom stereocenters. The largest absolute Gasteiger partial charge is 0.493 e. The van der Waals surface area contributed by atoms with E-state index < -0.39 is 24.0 Å². The zero-order valence-corrected chi connectivity index (χ0v) is 25.5. The van der Waals surface area contributed by atoms with Crippen molar-refractivity contribution in [3.8, 4) is 17.2 Å². The molecule has 11 heteroatoms. The van der Waals surface area contributed by atoms with Gasteiger partial charge < -0.3 is 19.5 Å². The Balaban J connectivity index is 1.72. The first-order valence-corrected chi connectivity index (χ1v) is 13.9. The van der Waals surface area contributed by atoms with Crippen LogP contribution in [0.1, 0.15) is 31.9 Å². The predicted octanol–water partition coefficient (Wildman–Crippen LogP) is 6.20. The average Bonchev–Trinajstić information content (AvgIpc) is 2.91. The zero-order valence-electron chi connectivity index (χ0n) is 22.4. The molecule has 3 aromatic rings. The standard InChI is InChI=1S/C29H30BrCl2N3O5/c1-17(2)39-27-22(30)12-20(14-26(27)38-4)16-33-35-29(37)24(13-19-8-6-5-7-9-19)34-28(36)18(3)40-25-11-10-21(31)15-23(25)32/h5-12,14-18,24H,13H2,1-4H3,(H,34,36)(H,35,37)/b33-16-/t18-,24+/m1/s1. The van der Waals surface area contributed by atoms with Gasteiger partial charge in [0.05, 0.1) is 28.9 Å². The van der Waals surface area contributed by atoms with E-state index in [4.69, 9.17) is 37.4 Å². The van der Waals surface area contributed by atoms with E-state index in [-0.39, 0.29) is 17.5 Å². The number of hydrogen-bond donors (Lipinski definition) is 2. The molecular weight excluding hydrogens is 621 g/mol.